The average molecular weight is 326 g/mol. The van der Waals surface area contributed by atoms with Gasteiger partial charge in [-0.15, -0.1) is 0 Å². The lowest BCUT2D eigenvalue weighted by Crippen LogP contribution is -2.34. The number of halogens is 1. The number of nitrogens with one attached hydrogen (secondary N) is 2. The van der Waals surface area contributed by atoms with Gasteiger partial charge in [-0.1, -0.05) is 0 Å². The number of piperidine rings is 1. The van der Waals surface area contributed by atoms with Gasteiger partial charge in [-0.25, -0.2) is 4.39 Å². The Bertz CT molecular complexity index is 827. The van der Waals surface area contributed by atoms with E-state index in [2.05, 4.69) is 32.3 Å². The molecule has 0 aliphatic carbocycles. The summed E-state index contributed by atoms with van der Waals surface area (Å²) < 4.78 is 13.6. The molecule has 0 unspecified atom stereocenters. The summed E-state index contributed by atoms with van der Waals surface area (Å²) in [6.45, 7) is 5.28. The monoisotopic (exact) mass is 326 g/mol. The van der Waals surface area contributed by atoms with Crippen LogP contribution in [0.25, 0.3) is 10.9 Å². The van der Waals surface area contributed by atoms with E-state index in [1.807, 2.05) is 13.0 Å². The Morgan fingerprint density at radius 1 is 1.25 bits per heavy atom. The zero-order chi connectivity index (χ0) is 16.5. The highest BCUT2D eigenvalue weighted by molar-refractivity contribution is 5.83. The quantitative estimate of drug-likeness (QED) is 0.767. The molecule has 2 aromatic heterocycles. The number of hydrogen-bond donors (Lipinski definition) is 2. The van der Waals surface area contributed by atoms with Gasteiger partial charge in [0, 0.05) is 35.8 Å². The van der Waals surface area contributed by atoms with Crippen LogP contribution in [-0.4, -0.2) is 39.7 Å². The molecule has 0 radical (unpaired) electrons. The normalized spacial score (nSPS) is 16.9. The van der Waals surface area contributed by atoms with E-state index in [1.165, 1.54) is 11.6 Å². The van der Waals surface area contributed by atoms with E-state index in [4.69, 9.17) is 0 Å². The van der Waals surface area contributed by atoms with Crippen molar-refractivity contribution in [1.29, 1.82) is 0 Å². The number of aryl methyl sites for hydroxylation is 1. The van der Waals surface area contributed by atoms with Crippen molar-refractivity contribution in [3.8, 4) is 0 Å². The summed E-state index contributed by atoms with van der Waals surface area (Å²) >= 11 is 0. The Hall–Kier alpha value is -2.14. The second-order valence-electron chi connectivity index (χ2n) is 6.84. The summed E-state index contributed by atoms with van der Waals surface area (Å²) in [6.07, 6.45) is 5.32. The van der Waals surface area contributed by atoms with E-state index >= 15 is 0 Å². The minimum absolute atomic E-state index is 0.157. The van der Waals surface area contributed by atoms with E-state index in [9.17, 15) is 4.39 Å². The number of benzene rings is 1. The fourth-order valence-electron chi connectivity index (χ4n) is 3.79. The first kappa shape index (κ1) is 15.4. The number of fused-ring (bicyclic) bond motifs is 1. The van der Waals surface area contributed by atoms with Crippen LogP contribution in [-0.2, 0) is 6.42 Å². The average Bonchev–Trinajstić information content (AvgIpc) is 3.19. The van der Waals surface area contributed by atoms with Gasteiger partial charge < -0.3 is 9.88 Å². The van der Waals surface area contributed by atoms with Crippen LogP contribution in [0, 0.1) is 12.7 Å². The summed E-state index contributed by atoms with van der Waals surface area (Å²) in [5.41, 5.74) is 4.56. The molecule has 24 heavy (non-hydrogen) atoms. The summed E-state index contributed by atoms with van der Waals surface area (Å²) in [5.74, 6) is 0.361. The predicted molar refractivity (Wildman–Crippen MR) is 93.7 cm³/mol. The zero-order valence-corrected chi connectivity index (χ0v) is 14.0. The summed E-state index contributed by atoms with van der Waals surface area (Å²) in [6, 6.07) is 7.12. The summed E-state index contributed by atoms with van der Waals surface area (Å²) in [5, 5.41) is 8.35. The van der Waals surface area contributed by atoms with Crippen LogP contribution < -0.4 is 0 Å². The van der Waals surface area contributed by atoms with Crippen molar-refractivity contribution in [2.45, 2.75) is 32.1 Å². The van der Waals surface area contributed by atoms with Crippen LogP contribution in [0.1, 0.15) is 35.7 Å². The lowest BCUT2D eigenvalue weighted by molar-refractivity contribution is 0.214. The molecule has 4 nitrogen and oxygen atoms in total. The molecule has 1 aromatic carbocycles. The molecule has 0 atom stereocenters. The molecule has 1 aliphatic rings. The Kier molecular flexibility index (Phi) is 4.10. The van der Waals surface area contributed by atoms with Crippen LogP contribution in [0.3, 0.4) is 0 Å². The third-order valence-corrected chi connectivity index (χ3v) is 5.15. The standard InChI is InChI=1S/C19H23FN4/c1-13-10-16(23-22-13)6-9-24-7-4-14(5-8-24)18-12-21-19-3-2-15(20)11-17(18)19/h2-3,10-12,14,21H,4-9H2,1H3,(H,22,23). The van der Waals surface area contributed by atoms with Crippen molar-refractivity contribution in [2.24, 2.45) is 0 Å². The number of aromatic nitrogens is 3. The molecule has 0 amide bonds. The number of hydrogen-bond acceptors (Lipinski definition) is 2. The third-order valence-electron chi connectivity index (χ3n) is 5.15. The van der Waals surface area contributed by atoms with Crippen LogP contribution in [0.2, 0.25) is 0 Å². The maximum atomic E-state index is 13.6. The minimum Gasteiger partial charge on any atom is -0.361 e. The van der Waals surface area contributed by atoms with Gasteiger partial charge in [-0.3, -0.25) is 5.10 Å². The maximum Gasteiger partial charge on any atom is 0.123 e. The lowest BCUT2D eigenvalue weighted by atomic mass is 9.89. The lowest BCUT2D eigenvalue weighted by Gasteiger charge is -2.31. The summed E-state index contributed by atoms with van der Waals surface area (Å²) in [7, 11) is 0. The molecule has 0 bridgehead atoms. The topological polar surface area (TPSA) is 47.7 Å². The number of aromatic amines is 2. The number of likely N-dealkylation sites (tertiary alicyclic amines) is 1. The molecule has 5 heteroatoms. The SMILES string of the molecule is Cc1cc(CCN2CCC(c3c[nH]c4ccc(F)cc34)CC2)n[nH]1. The molecule has 3 heterocycles. The molecule has 0 spiro atoms. The number of H-pyrrole nitrogens is 2. The Labute approximate surface area is 141 Å². The van der Waals surface area contributed by atoms with E-state index in [0.29, 0.717) is 5.92 Å². The van der Waals surface area contributed by atoms with E-state index in [1.54, 1.807) is 6.07 Å². The third kappa shape index (κ3) is 3.08. The second kappa shape index (κ2) is 6.40. The highest BCUT2D eigenvalue weighted by atomic mass is 19.1. The Balaban J connectivity index is 1.37. The molecule has 4 rings (SSSR count). The van der Waals surface area contributed by atoms with Gasteiger partial charge in [-0.2, -0.15) is 5.10 Å². The van der Waals surface area contributed by atoms with Crippen molar-refractivity contribution >= 4 is 10.9 Å². The van der Waals surface area contributed by atoms with Crippen molar-refractivity contribution in [2.75, 3.05) is 19.6 Å². The van der Waals surface area contributed by atoms with Crippen LogP contribution in [0.5, 0.6) is 0 Å². The Morgan fingerprint density at radius 3 is 2.83 bits per heavy atom. The molecule has 0 saturated carbocycles. The molecule has 2 N–H and O–H groups in total. The zero-order valence-electron chi connectivity index (χ0n) is 14.0. The fraction of sp³-hybridized carbons (Fsp3) is 0.421. The van der Waals surface area contributed by atoms with Gasteiger partial charge >= 0.3 is 0 Å². The highest BCUT2D eigenvalue weighted by Gasteiger charge is 2.22. The van der Waals surface area contributed by atoms with E-state index in [0.717, 1.165) is 61.2 Å². The molecule has 1 aliphatic heterocycles. The van der Waals surface area contributed by atoms with Crippen molar-refractivity contribution in [3.05, 3.63) is 53.2 Å². The van der Waals surface area contributed by atoms with Crippen molar-refractivity contribution in [3.63, 3.8) is 0 Å². The van der Waals surface area contributed by atoms with E-state index < -0.39 is 0 Å². The number of nitrogens with zero attached hydrogens (tertiary/aromatic N) is 2. The van der Waals surface area contributed by atoms with E-state index in [-0.39, 0.29) is 5.82 Å². The fourth-order valence-corrected chi connectivity index (χ4v) is 3.79. The van der Waals surface area contributed by atoms with Crippen molar-refractivity contribution < 1.29 is 4.39 Å². The summed E-state index contributed by atoms with van der Waals surface area (Å²) in [4.78, 5) is 5.79. The van der Waals surface area contributed by atoms with Crippen molar-refractivity contribution in [1.82, 2.24) is 20.1 Å². The smallest absolute Gasteiger partial charge is 0.123 e. The minimum atomic E-state index is -0.157. The van der Waals surface area contributed by atoms with Gasteiger partial charge in [0.2, 0.25) is 0 Å². The molecular weight excluding hydrogens is 303 g/mol. The molecule has 1 fully saturated rings. The highest BCUT2D eigenvalue weighted by Crippen LogP contribution is 2.33. The first-order chi connectivity index (χ1) is 11.7. The first-order valence-corrected chi connectivity index (χ1v) is 8.69. The van der Waals surface area contributed by atoms with Gasteiger partial charge in [0.1, 0.15) is 5.82 Å². The predicted octanol–water partition coefficient (Wildman–Crippen LogP) is 3.76. The van der Waals surface area contributed by atoms with Crippen LogP contribution in [0.4, 0.5) is 4.39 Å². The maximum absolute atomic E-state index is 13.6. The van der Waals surface area contributed by atoms with Crippen LogP contribution in [0.15, 0.2) is 30.5 Å². The van der Waals surface area contributed by atoms with Gasteiger partial charge in [0.05, 0.1) is 5.69 Å². The molecular formula is C19H23FN4. The second-order valence-corrected chi connectivity index (χ2v) is 6.84. The largest absolute Gasteiger partial charge is 0.361 e. The van der Waals surface area contributed by atoms with Gasteiger partial charge in [0.15, 0.2) is 0 Å². The molecule has 126 valence electrons. The van der Waals surface area contributed by atoms with Crippen LogP contribution >= 0.6 is 0 Å². The Morgan fingerprint density at radius 2 is 2.08 bits per heavy atom. The molecule has 3 aromatic rings. The molecule has 1 saturated heterocycles. The van der Waals surface area contributed by atoms with Gasteiger partial charge in [-0.05, 0) is 68.6 Å². The number of rotatable bonds is 4. The first-order valence-electron chi connectivity index (χ1n) is 8.69. The van der Waals surface area contributed by atoms with Gasteiger partial charge in [0.25, 0.3) is 0 Å².